The highest BCUT2D eigenvalue weighted by Gasteiger charge is 2.07. The zero-order valence-electron chi connectivity index (χ0n) is 13.0. The molecule has 0 aliphatic rings. The Morgan fingerprint density at radius 3 is 2.36 bits per heavy atom. The highest BCUT2D eigenvalue weighted by molar-refractivity contribution is 5.84. The van der Waals surface area contributed by atoms with Crippen LogP contribution in [0.1, 0.15) is 11.1 Å². The van der Waals surface area contributed by atoms with E-state index in [0.29, 0.717) is 18.0 Å². The fraction of sp³-hybridized carbons (Fsp3) is 0.235. The number of nitrogens with one attached hydrogen (secondary N) is 1. The van der Waals surface area contributed by atoms with Gasteiger partial charge in [-0.05, 0) is 18.2 Å². The summed E-state index contributed by atoms with van der Waals surface area (Å²) in [5.74, 6) is 2.17. The summed E-state index contributed by atoms with van der Waals surface area (Å²) in [6.45, 7) is 0.576. The van der Waals surface area contributed by atoms with Gasteiger partial charge in [0.05, 0.1) is 34.1 Å². The molecule has 2 aromatic rings. The topological polar surface area (TPSA) is 52.1 Å². The SMILES string of the molecule is COc1ccccc1CN/N=C/c1cccc(OC)c1OC. The lowest BCUT2D eigenvalue weighted by Gasteiger charge is -2.10. The van der Waals surface area contributed by atoms with Crippen LogP contribution in [0.3, 0.4) is 0 Å². The van der Waals surface area contributed by atoms with Gasteiger partial charge in [0.15, 0.2) is 11.5 Å². The summed E-state index contributed by atoms with van der Waals surface area (Å²) in [4.78, 5) is 0. The first kappa shape index (κ1) is 15.7. The Hall–Kier alpha value is -2.69. The molecular formula is C17H20N2O3. The van der Waals surface area contributed by atoms with Gasteiger partial charge in [0.2, 0.25) is 0 Å². The molecule has 0 bridgehead atoms. The molecule has 0 heterocycles. The molecule has 0 fully saturated rings. The molecule has 5 nitrogen and oxygen atoms in total. The van der Waals surface area contributed by atoms with Gasteiger partial charge in [-0.15, -0.1) is 0 Å². The maximum absolute atomic E-state index is 5.36. The maximum Gasteiger partial charge on any atom is 0.169 e. The van der Waals surface area contributed by atoms with Gasteiger partial charge in [0.25, 0.3) is 0 Å². The van der Waals surface area contributed by atoms with Crippen LogP contribution >= 0.6 is 0 Å². The summed E-state index contributed by atoms with van der Waals surface area (Å²) in [7, 11) is 4.87. The van der Waals surface area contributed by atoms with Crippen molar-refractivity contribution in [2.75, 3.05) is 21.3 Å². The van der Waals surface area contributed by atoms with Gasteiger partial charge in [0.1, 0.15) is 5.75 Å². The van der Waals surface area contributed by atoms with Gasteiger partial charge in [-0.3, -0.25) is 0 Å². The number of rotatable bonds is 7. The van der Waals surface area contributed by atoms with E-state index in [2.05, 4.69) is 10.5 Å². The Bertz CT molecular complexity index is 642. The molecule has 0 unspecified atom stereocenters. The predicted octanol–water partition coefficient (Wildman–Crippen LogP) is 2.84. The van der Waals surface area contributed by atoms with Crippen LogP contribution < -0.4 is 19.6 Å². The second-order valence-corrected chi connectivity index (χ2v) is 4.49. The molecule has 0 spiro atoms. The van der Waals surface area contributed by atoms with Crippen molar-refractivity contribution in [3.8, 4) is 17.2 Å². The number of ether oxygens (including phenoxy) is 3. The molecule has 22 heavy (non-hydrogen) atoms. The Kier molecular flexibility index (Phi) is 5.65. The van der Waals surface area contributed by atoms with E-state index < -0.39 is 0 Å². The summed E-state index contributed by atoms with van der Waals surface area (Å²) in [6.07, 6.45) is 1.71. The first-order valence-corrected chi connectivity index (χ1v) is 6.89. The molecule has 2 rings (SSSR count). The highest BCUT2D eigenvalue weighted by atomic mass is 16.5. The number of nitrogens with zero attached hydrogens (tertiary/aromatic N) is 1. The minimum absolute atomic E-state index is 0.576. The Labute approximate surface area is 130 Å². The molecule has 0 atom stereocenters. The molecule has 1 N–H and O–H groups in total. The van der Waals surface area contributed by atoms with Crippen molar-refractivity contribution >= 4 is 6.21 Å². The van der Waals surface area contributed by atoms with E-state index >= 15 is 0 Å². The quantitative estimate of drug-likeness (QED) is 0.631. The fourth-order valence-corrected chi connectivity index (χ4v) is 2.11. The van der Waals surface area contributed by atoms with Gasteiger partial charge < -0.3 is 19.6 Å². The largest absolute Gasteiger partial charge is 0.496 e. The molecule has 116 valence electrons. The van der Waals surface area contributed by atoms with Crippen LogP contribution in [0.2, 0.25) is 0 Å². The summed E-state index contributed by atoms with van der Waals surface area (Å²) in [5.41, 5.74) is 4.89. The normalized spacial score (nSPS) is 10.5. The summed E-state index contributed by atoms with van der Waals surface area (Å²) < 4.78 is 15.9. The third-order valence-corrected chi connectivity index (χ3v) is 3.19. The number of para-hydroxylation sites is 2. The predicted molar refractivity (Wildman–Crippen MR) is 87.0 cm³/mol. The highest BCUT2D eigenvalue weighted by Crippen LogP contribution is 2.29. The van der Waals surface area contributed by atoms with Crippen molar-refractivity contribution in [2.24, 2.45) is 5.10 Å². The average molecular weight is 300 g/mol. The van der Waals surface area contributed by atoms with Gasteiger partial charge >= 0.3 is 0 Å². The van der Waals surface area contributed by atoms with Crippen LogP contribution in [0.25, 0.3) is 0 Å². The van der Waals surface area contributed by atoms with Gasteiger partial charge in [-0.2, -0.15) is 5.10 Å². The van der Waals surface area contributed by atoms with Crippen molar-refractivity contribution < 1.29 is 14.2 Å². The van der Waals surface area contributed by atoms with Crippen molar-refractivity contribution in [3.63, 3.8) is 0 Å². The molecule has 0 aliphatic carbocycles. The van der Waals surface area contributed by atoms with E-state index in [9.17, 15) is 0 Å². The smallest absolute Gasteiger partial charge is 0.169 e. The molecule has 0 aromatic heterocycles. The molecule has 0 aliphatic heterocycles. The lowest BCUT2D eigenvalue weighted by Crippen LogP contribution is -2.07. The number of hydrazone groups is 1. The van der Waals surface area contributed by atoms with Crippen molar-refractivity contribution in [2.45, 2.75) is 6.54 Å². The van der Waals surface area contributed by atoms with Crippen LogP contribution in [0, 0.1) is 0 Å². The Morgan fingerprint density at radius 1 is 0.909 bits per heavy atom. The Balaban J connectivity index is 2.04. The summed E-state index contributed by atoms with van der Waals surface area (Å²) >= 11 is 0. The van der Waals surface area contributed by atoms with Crippen LogP contribution in [0.5, 0.6) is 17.2 Å². The molecule has 0 radical (unpaired) electrons. The zero-order valence-corrected chi connectivity index (χ0v) is 13.0. The molecular weight excluding hydrogens is 280 g/mol. The lowest BCUT2D eigenvalue weighted by atomic mass is 10.2. The third kappa shape index (κ3) is 3.69. The second kappa shape index (κ2) is 7.93. The summed E-state index contributed by atoms with van der Waals surface area (Å²) in [5, 5.41) is 4.23. The first-order valence-electron chi connectivity index (χ1n) is 6.89. The zero-order chi connectivity index (χ0) is 15.8. The van der Waals surface area contributed by atoms with Crippen molar-refractivity contribution in [1.82, 2.24) is 5.43 Å². The number of benzene rings is 2. The minimum atomic E-state index is 0.576. The number of methoxy groups -OCH3 is 3. The van der Waals surface area contributed by atoms with Crippen LogP contribution in [-0.4, -0.2) is 27.5 Å². The lowest BCUT2D eigenvalue weighted by molar-refractivity contribution is 0.354. The van der Waals surface area contributed by atoms with E-state index in [1.54, 1.807) is 27.5 Å². The van der Waals surface area contributed by atoms with Crippen LogP contribution in [0.4, 0.5) is 0 Å². The molecule has 0 saturated heterocycles. The van der Waals surface area contributed by atoms with Gasteiger partial charge in [-0.1, -0.05) is 24.3 Å². The van der Waals surface area contributed by atoms with Crippen LogP contribution in [-0.2, 0) is 6.54 Å². The van der Waals surface area contributed by atoms with Crippen molar-refractivity contribution in [3.05, 3.63) is 53.6 Å². The summed E-state index contributed by atoms with van der Waals surface area (Å²) in [6, 6.07) is 13.5. The fourth-order valence-electron chi connectivity index (χ4n) is 2.11. The van der Waals surface area contributed by atoms with Crippen molar-refractivity contribution in [1.29, 1.82) is 0 Å². The standard InChI is InChI=1S/C17H20N2O3/c1-20-15-9-5-4-7-13(15)11-18-19-12-14-8-6-10-16(21-2)17(14)22-3/h4-10,12,18H,11H2,1-3H3/b19-12+. The van der Waals surface area contributed by atoms with Gasteiger partial charge in [-0.25, -0.2) is 0 Å². The van der Waals surface area contributed by atoms with Crippen LogP contribution in [0.15, 0.2) is 47.6 Å². The van der Waals surface area contributed by atoms with E-state index in [1.807, 2.05) is 42.5 Å². The molecule has 5 heteroatoms. The van der Waals surface area contributed by atoms with E-state index in [0.717, 1.165) is 16.9 Å². The number of hydrogen-bond acceptors (Lipinski definition) is 5. The molecule has 0 amide bonds. The minimum Gasteiger partial charge on any atom is -0.496 e. The maximum atomic E-state index is 5.36. The average Bonchev–Trinajstić information content (AvgIpc) is 2.58. The van der Waals surface area contributed by atoms with E-state index in [4.69, 9.17) is 14.2 Å². The second-order valence-electron chi connectivity index (χ2n) is 4.49. The molecule has 2 aromatic carbocycles. The van der Waals surface area contributed by atoms with Gasteiger partial charge in [0, 0.05) is 11.1 Å². The molecule has 0 saturated carbocycles. The monoisotopic (exact) mass is 300 g/mol. The Morgan fingerprint density at radius 2 is 1.64 bits per heavy atom. The first-order chi connectivity index (χ1) is 10.8. The van der Waals surface area contributed by atoms with E-state index in [-0.39, 0.29) is 0 Å². The van der Waals surface area contributed by atoms with E-state index in [1.165, 1.54) is 0 Å². The third-order valence-electron chi connectivity index (χ3n) is 3.19. The number of hydrogen-bond donors (Lipinski definition) is 1.